The third-order valence-corrected chi connectivity index (χ3v) is 3.93. The molecule has 1 N–H and O–H groups in total. The molecule has 0 amide bonds. The minimum absolute atomic E-state index is 0.0518. The molecule has 0 saturated carbocycles. The molecule has 112 valence electrons. The minimum Gasteiger partial charge on any atom is -0.308 e. The van der Waals surface area contributed by atoms with Crippen LogP contribution in [0.15, 0.2) is 12.1 Å². The molecule has 1 aliphatic heterocycles. The lowest BCUT2D eigenvalue weighted by molar-refractivity contribution is 0.339. The van der Waals surface area contributed by atoms with Gasteiger partial charge >= 0.3 is 0 Å². The zero-order valence-corrected chi connectivity index (χ0v) is 12.3. The van der Waals surface area contributed by atoms with Gasteiger partial charge in [-0.2, -0.15) is 0 Å². The van der Waals surface area contributed by atoms with Gasteiger partial charge in [-0.05, 0) is 24.5 Å². The van der Waals surface area contributed by atoms with Crippen molar-refractivity contribution in [2.75, 3.05) is 6.54 Å². The zero-order chi connectivity index (χ0) is 15.1. The van der Waals surface area contributed by atoms with Crippen LogP contribution in [0.3, 0.4) is 0 Å². The molecule has 3 rings (SSSR count). The SMILES string of the molecule is Cc1ccc(F)c(-c2nnc3n2CCNC3C(C)C)c1F. The third kappa shape index (κ3) is 2.23. The summed E-state index contributed by atoms with van der Waals surface area (Å²) in [6.45, 7) is 7.11. The summed E-state index contributed by atoms with van der Waals surface area (Å²) in [7, 11) is 0. The number of fused-ring (bicyclic) bond motifs is 1. The van der Waals surface area contributed by atoms with Crippen molar-refractivity contribution in [2.24, 2.45) is 5.92 Å². The van der Waals surface area contributed by atoms with Crippen molar-refractivity contribution in [1.82, 2.24) is 20.1 Å². The highest BCUT2D eigenvalue weighted by molar-refractivity contribution is 5.59. The number of benzene rings is 1. The second kappa shape index (κ2) is 5.18. The van der Waals surface area contributed by atoms with Crippen molar-refractivity contribution in [3.8, 4) is 11.4 Å². The van der Waals surface area contributed by atoms with Gasteiger partial charge < -0.3 is 9.88 Å². The Labute approximate surface area is 122 Å². The predicted octanol–water partition coefficient (Wildman–Crippen LogP) is 2.83. The molecule has 1 atom stereocenters. The van der Waals surface area contributed by atoms with Gasteiger partial charge in [0.25, 0.3) is 0 Å². The van der Waals surface area contributed by atoms with Gasteiger partial charge in [0, 0.05) is 13.1 Å². The van der Waals surface area contributed by atoms with E-state index < -0.39 is 11.6 Å². The second-order valence-electron chi connectivity index (χ2n) is 5.76. The Morgan fingerprint density at radius 2 is 2.05 bits per heavy atom. The fraction of sp³-hybridized carbons (Fsp3) is 0.467. The van der Waals surface area contributed by atoms with E-state index in [1.807, 2.05) is 4.57 Å². The molecule has 0 bridgehead atoms. The van der Waals surface area contributed by atoms with Crippen LogP contribution in [-0.2, 0) is 6.54 Å². The summed E-state index contributed by atoms with van der Waals surface area (Å²) < 4.78 is 30.2. The Bertz CT molecular complexity index is 679. The molecule has 2 aromatic rings. The molecule has 1 aromatic heterocycles. The molecule has 4 nitrogen and oxygen atoms in total. The van der Waals surface area contributed by atoms with E-state index in [-0.39, 0.29) is 17.4 Å². The summed E-state index contributed by atoms with van der Waals surface area (Å²) in [6, 6.07) is 2.76. The Morgan fingerprint density at radius 3 is 2.76 bits per heavy atom. The van der Waals surface area contributed by atoms with E-state index in [1.54, 1.807) is 6.92 Å². The molecule has 0 spiro atoms. The van der Waals surface area contributed by atoms with Gasteiger partial charge in [-0.15, -0.1) is 10.2 Å². The van der Waals surface area contributed by atoms with Crippen molar-refractivity contribution in [3.05, 3.63) is 35.2 Å². The van der Waals surface area contributed by atoms with Crippen molar-refractivity contribution in [2.45, 2.75) is 33.4 Å². The molecule has 1 aliphatic rings. The van der Waals surface area contributed by atoms with Gasteiger partial charge in [0.1, 0.15) is 11.6 Å². The van der Waals surface area contributed by atoms with E-state index >= 15 is 0 Å². The molecule has 21 heavy (non-hydrogen) atoms. The summed E-state index contributed by atoms with van der Waals surface area (Å²) in [5, 5.41) is 11.6. The first-order valence-electron chi connectivity index (χ1n) is 7.12. The number of halogens is 2. The number of rotatable bonds is 2. The highest BCUT2D eigenvalue weighted by Gasteiger charge is 2.29. The molecule has 1 aromatic carbocycles. The normalized spacial score (nSPS) is 18.1. The fourth-order valence-corrected chi connectivity index (χ4v) is 2.77. The second-order valence-corrected chi connectivity index (χ2v) is 5.76. The zero-order valence-electron chi connectivity index (χ0n) is 12.3. The Morgan fingerprint density at radius 1 is 1.29 bits per heavy atom. The van der Waals surface area contributed by atoms with Crippen LogP contribution < -0.4 is 5.32 Å². The van der Waals surface area contributed by atoms with E-state index in [4.69, 9.17) is 0 Å². The molecule has 0 saturated heterocycles. The average Bonchev–Trinajstić information content (AvgIpc) is 2.87. The average molecular weight is 292 g/mol. The van der Waals surface area contributed by atoms with Crippen LogP contribution in [0.25, 0.3) is 11.4 Å². The van der Waals surface area contributed by atoms with Gasteiger partial charge in [0.15, 0.2) is 11.6 Å². The fourth-order valence-electron chi connectivity index (χ4n) is 2.77. The first-order valence-corrected chi connectivity index (χ1v) is 7.12. The van der Waals surface area contributed by atoms with E-state index in [9.17, 15) is 8.78 Å². The topological polar surface area (TPSA) is 42.7 Å². The number of hydrogen-bond acceptors (Lipinski definition) is 3. The molecular formula is C15H18F2N4. The van der Waals surface area contributed by atoms with Crippen molar-refractivity contribution in [3.63, 3.8) is 0 Å². The largest absolute Gasteiger partial charge is 0.308 e. The maximum atomic E-state index is 14.3. The first kappa shape index (κ1) is 14.1. The summed E-state index contributed by atoms with van der Waals surface area (Å²) >= 11 is 0. The van der Waals surface area contributed by atoms with E-state index in [1.165, 1.54) is 12.1 Å². The van der Waals surface area contributed by atoms with Crippen molar-refractivity contribution >= 4 is 0 Å². The Kier molecular flexibility index (Phi) is 3.49. The smallest absolute Gasteiger partial charge is 0.170 e. The Balaban J connectivity index is 2.16. The monoisotopic (exact) mass is 292 g/mol. The van der Waals surface area contributed by atoms with Gasteiger partial charge in [-0.1, -0.05) is 19.9 Å². The van der Waals surface area contributed by atoms with Crippen LogP contribution in [0, 0.1) is 24.5 Å². The molecule has 2 heterocycles. The predicted molar refractivity (Wildman–Crippen MR) is 75.7 cm³/mol. The highest BCUT2D eigenvalue weighted by atomic mass is 19.1. The molecular weight excluding hydrogens is 274 g/mol. The minimum atomic E-state index is -0.604. The Hall–Kier alpha value is -1.82. The highest BCUT2D eigenvalue weighted by Crippen LogP contribution is 2.31. The number of nitrogens with zero attached hydrogens (tertiary/aromatic N) is 3. The van der Waals surface area contributed by atoms with Crippen LogP contribution in [0.5, 0.6) is 0 Å². The van der Waals surface area contributed by atoms with Crippen LogP contribution >= 0.6 is 0 Å². The first-order chi connectivity index (χ1) is 10.0. The van der Waals surface area contributed by atoms with Crippen LogP contribution in [0.2, 0.25) is 0 Å². The number of hydrogen-bond donors (Lipinski definition) is 1. The third-order valence-electron chi connectivity index (χ3n) is 3.93. The van der Waals surface area contributed by atoms with E-state index in [0.717, 1.165) is 12.4 Å². The lowest BCUT2D eigenvalue weighted by Gasteiger charge is -2.27. The molecule has 0 fully saturated rings. The number of nitrogens with one attached hydrogen (secondary N) is 1. The lowest BCUT2D eigenvalue weighted by Crippen LogP contribution is -2.36. The van der Waals surface area contributed by atoms with Gasteiger partial charge in [-0.25, -0.2) is 8.78 Å². The quantitative estimate of drug-likeness (QED) is 0.925. The standard InChI is InChI=1S/C15H18F2N4/c1-8(2)13-15-20-19-14(21(15)7-6-18-13)11-10(16)5-4-9(3)12(11)17/h4-5,8,13,18H,6-7H2,1-3H3. The van der Waals surface area contributed by atoms with E-state index in [2.05, 4.69) is 29.4 Å². The molecule has 1 unspecified atom stereocenters. The summed E-state index contributed by atoms with van der Waals surface area (Å²) in [6.07, 6.45) is 0. The van der Waals surface area contributed by atoms with Crippen molar-refractivity contribution in [1.29, 1.82) is 0 Å². The molecule has 0 radical (unpaired) electrons. The maximum absolute atomic E-state index is 14.3. The van der Waals surface area contributed by atoms with Crippen LogP contribution in [0.1, 0.15) is 31.3 Å². The summed E-state index contributed by atoms with van der Waals surface area (Å²) in [5.74, 6) is 0.175. The van der Waals surface area contributed by atoms with Crippen molar-refractivity contribution < 1.29 is 8.78 Å². The van der Waals surface area contributed by atoms with E-state index in [0.29, 0.717) is 18.0 Å². The summed E-state index contributed by atoms with van der Waals surface area (Å²) in [4.78, 5) is 0. The number of aryl methyl sites for hydroxylation is 1. The maximum Gasteiger partial charge on any atom is 0.170 e. The molecule has 0 aliphatic carbocycles. The van der Waals surface area contributed by atoms with Crippen LogP contribution in [-0.4, -0.2) is 21.3 Å². The summed E-state index contributed by atoms with van der Waals surface area (Å²) in [5.41, 5.74) is 0.316. The van der Waals surface area contributed by atoms with Gasteiger partial charge in [0.05, 0.1) is 11.6 Å². The lowest BCUT2D eigenvalue weighted by atomic mass is 10.0. The van der Waals surface area contributed by atoms with Gasteiger partial charge in [-0.3, -0.25) is 0 Å². The van der Waals surface area contributed by atoms with Gasteiger partial charge in [0.2, 0.25) is 0 Å². The number of aromatic nitrogens is 3. The molecule has 6 heteroatoms. The van der Waals surface area contributed by atoms with Crippen LogP contribution in [0.4, 0.5) is 8.78 Å².